The maximum atomic E-state index is 12.8. The van der Waals surface area contributed by atoms with Gasteiger partial charge >= 0.3 is 5.97 Å². The number of unbranched alkanes of at least 4 members (excludes halogenated alkanes) is 1. The van der Waals surface area contributed by atoms with Crippen LogP contribution in [0.3, 0.4) is 0 Å². The second kappa shape index (κ2) is 16.2. The lowest BCUT2D eigenvalue weighted by atomic mass is 10.1. The van der Waals surface area contributed by atoms with Crippen LogP contribution in [0.15, 0.2) is 0 Å². The van der Waals surface area contributed by atoms with Gasteiger partial charge in [0.2, 0.25) is 23.6 Å². The molecule has 0 saturated heterocycles. The normalized spacial score (nSPS) is 15.4. The fourth-order valence-electron chi connectivity index (χ4n) is 2.75. The van der Waals surface area contributed by atoms with E-state index in [-0.39, 0.29) is 6.42 Å². The first-order chi connectivity index (χ1) is 15.4. The molecule has 0 aliphatic rings. The Morgan fingerprint density at radius 3 is 2.00 bits per heavy atom. The van der Waals surface area contributed by atoms with Crippen molar-refractivity contribution in [3.05, 3.63) is 0 Å². The van der Waals surface area contributed by atoms with E-state index in [9.17, 15) is 29.1 Å². The van der Waals surface area contributed by atoms with Crippen LogP contribution >= 0.6 is 11.8 Å². The van der Waals surface area contributed by atoms with Crippen molar-refractivity contribution in [2.24, 2.45) is 17.2 Å². The van der Waals surface area contributed by atoms with Gasteiger partial charge in [-0.1, -0.05) is 6.42 Å². The summed E-state index contributed by atoms with van der Waals surface area (Å²) in [5.74, 6) is -4.27. The van der Waals surface area contributed by atoms with Crippen LogP contribution in [-0.4, -0.2) is 88.6 Å². The summed E-state index contributed by atoms with van der Waals surface area (Å²) in [6, 6.07) is -5.08. The number of primary amides is 1. The van der Waals surface area contributed by atoms with E-state index in [4.69, 9.17) is 22.3 Å². The van der Waals surface area contributed by atoms with E-state index in [2.05, 4.69) is 16.0 Å². The molecule has 4 amide bonds. The zero-order valence-electron chi connectivity index (χ0n) is 18.9. The Labute approximate surface area is 196 Å². The van der Waals surface area contributed by atoms with E-state index in [1.54, 1.807) is 6.26 Å². The molecule has 5 atom stereocenters. The summed E-state index contributed by atoms with van der Waals surface area (Å²) >= 11 is 1.43. The van der Waals surface area contributed by atoms with E-state index in [1.807, 2.05) is 0 Å². The summed E-state index contributed by atoms with van der Waals surface area (Å²) in [5, 5.41) is 25.6. The van der Waals surface area contributed by atoms with Gasteiger partial charge < -0.3 is 43.4 Å². The summed E-state index contributed by atoms with van der Waals surface area (Å²) in [4.78, 5) is 60.4. The van der Waals surface area contributed by atoms with Crippen molar-refractivity contribution in [2.75, 3.05) is 18.6 Å². The maximum absolute atomic E-state index is 12.8. The van der Waals surface area contributed by atoms with Gasteiger partial charge in [0.25, 0.3) is 0 Å². The summed E-state index contributed by atoms with van der Waals surface area (Å²) < 4.78 is 0. The average Bonchev–Trinajstić information content (AvgIpc) is 2.73. The molecule has 0 bridgehead atoms. The van der Waals surface area contributed by atoms with Crippen LogP contribution in [0.5, 0.6) is 0 Å². The van der Waals surface area contributed by atoms with Gasteiger partial charge in [-0.2, -0.15) is 11.8 Å². The molecule has 0 fully saturated rings. The lowest BCUT2D eigenvalue weighted by Gasteiger charge is -2.25. The first kappa shape index (κ1) is 30.6. The largest absolute Gasteiger partial charge is 0.480 e. The van der Waals surface area contributed by atoms with Crippen molar-refractivity contribution in [1.82, 2.24) is 16.0 Å². The number of aliphatic hydroxyl groups is 1. The van der Waals surface area contributed by atoms with Crippen molar-refractivity contribution in [1.29, 1.82) is 0 Å². The van der Waals surface area contributed by atoms with E-state index >= 15 is 0 Å². The van der Waals surface area contributed by atoms with Gasteiger partial charge in [-0.25, -0.2) is 4.79 Å². The average molecular weight is 493 g/mol. The minimum Gasteiger partial charge on any atom is -0.480 e. The summed E-state index contributed by atoms with van der Waals surface area (Å²) in [6.07, 6.45) is 1.68. The molecule has 33 heavy (non-hydrogen) atoms. The molecular weight excluding hydrogens is 456 g/mol. The molecule has 0 aromatic carbocycles. The monoisotopic (exact) mass is 492 g/mol. The van der Waals surface area contributed by atoms with Crippen LogP contribution < -0.4 is 33.2 Å². The highest BCUT2D eigenvalue weighted by Crippen LogP contribution is 2.05. The molecular formula is C19H36N6O7S. The van der Waals surface area contributed by atoms with Gasteiger partial charge in [-0.3, -0.25) is 19.2 Å². The highest BCUT2D eigenvalue weighted by Gasteiger charge is 2.32. The van der Waals surface area contributed by atoms with Crippen molar-refractivity contribution in [3.8, 4) is 0 Å². The highest BCUT2D eigenvalue weighted by molar-refractivity contribution is 7.98. The molecule has 190 valence electrons. The number of rotatable bonds is 17. The molecule has 0 heterocycles. The molecule has 14 heteroatoms. The Morgan fingerprint density at radius 2 is 1.52 bits per heavy atom. The molecule has 0 rings (SSSR count). The Kier molecular flexibility index (Phi) is 15.0. The van der Waals surface area contributed by atoms with E-state index in [1.165, 1.54) is 11.8 Å². The topological polar surface area (TPSA) is 240 Å². The predicted molar refractivity (Wildman–Crippen MR) is 123 cm³/mol. The quantitative estimate of drug-likeness (QED) is 0.0956. The third-order valence-electron chi connectivity index (χ3n) is 4.63. The molecule has 13 nitrogen and oxygen atoms in total. The molecule has 11 N–H and O–H groups in total. The van der Waals surface area contributed by atoms with Crippen LogP contribution in [0, 0.1) is 0 Å². The maximum Gasteiger partial charge on any atom is 0.328 e. The first-order valence-corrected chi connectivity index (χ1v) is 11.9. The summed E-state index contributed by atoms with van der Waals surface area (Å²) in [6.45, 7) is 1.62. The molecule has 5 unspecified atom stereocenters. The van der Waals surface area contributed by atoms with Gasteiger partial charge in [0.1, 0.15) is 12.1 Å². The number of hydrogen-bond donors (Lipinski definition) is 8. The van der Waals surface area contributed by atoms with Gasteiger partial charge in [-0.15, -0.1) is 0 Å². The van der Waals surface area contributed by atoms with Crippen molar-refractivity contribution >= 4 is 41.4 Å². The minimum absolute atomic E-state index is 0.213. The number of nitrogens with two attached hydrogens (primary N) is 3. The number of thioether (sulfide) groups is 1. The van der Waals surface area contributed by atoms with Crippen molar-refractivity contribution in [3.63, 3.8) is 0 Å². The van der Waals surface area contributed by atoms with Crippen molar-refractivity contribution < 1.29 is 34.2 Å². The van der Waals surface area contributed by atoms with Crippen LogP contribution in [0.4, 0.5) is 0 Å². The number of carbonyl (C=O) groups is 5. The third-order valence-corrected chi connectivity index (χ3v) is 5.28. The fraction of sp³-hybridized carbons (Fsp3) is 0.737. The van der Waals surface area contributed by atoms with Gasteiger partial charge in [-0.05, 0) is 44.7 Å². The summed E-state index contributed by atoms with van der Waals surface area (Å²) in [5.41, 5.74) is 16.5. The molecule has 0 saturated carbocycles. The molecule has 0 spiro atoms. The minimum atomic E-state index is -1.66. The van der Waals surface area contributed by atoms with Crippen LogP contribution in [0.1, 0.15) is 39.0 Å². The molecule has 0 radical (unpaired) electrons. The number of carboxylic acids is 1. The Bertz CT molecular complexity index is 679. The zero-order valence-corrected chi connectivity index (χ0v) is 19.7. The van der Waals surface area contributed by atoms with E-state index in [0.717, 1.165) is 6.92 Å². The lowest BCUT2D eigenvalue weighted by Crippen LogP contribution is -2.59. The summed E-state index contributed by atoms with van der Waals surface area (Å²) in [7, 11) is 0. The van der Waals surface area contributed by atoms with E-state index < -0.39 is 66.3 Å². The Balaban J connectivity index is 5.39. The van der Waals surface area contributed by atoms with Gasteiger partial charge in [0.05, 0.1) is 18.6 Å². The molecule has 0 aliphatic heterocycles. The Hall–Kier alpha value is -2.42. The second-order valence-electron chi connectivity index (χ2n) is 7.53. The number of amides is 4. The predicted octanol–water partition coefficient (Wildman–Crippen LogP) is -3.01. The number of carbonyl (C=O) groups excluding carboxylic acids is 4. The SMILES string of the molecule is CSCCC(NC(=O)C(N)CCCCN)C(=O)NC(CC(N)=O)C(=O)NC(C(=O)O)C(C)O. The third kappa shape index (κ3) is 12.4. The number of aliphatic hydroxyl groups excluding tert-OH is 1. The van der Waals surface area contributed by atoms with Crippen LogP contribution in [0.2, 0.25) is 0 Å². The Morgan fingerprint density at radius 1 is 0.939 bits per heavy atom. The van der Waals surface area contributed by atoms with Crippen molar-refractivity contribution in [2.45, 2.75) is 69.3 Å². The smallest absolute Gasteiger partial charge is 0.328 e. The van der Waals surface area contributed by atoms with Gasteiger partial charge in [0.15, 0.2) is 6.04 Å². The van der Waals surface area contributed by atoms with E-state index in [0.29, 0.717) is 31.6 Å². The first-order valence-electron chi connectivity index (χ1n) is 10.5. The highest BCUT2D eigenvalue weighted by atomic mass is 32.2. The molecule has 0 aromatic heterocycles. The lowest BCUT2D eigenvalue weighted by molar-refractivity contribution is -0.145. The van der Waals surface area contributed by atoms with Crippen LogP contribution in [-0.2, 0) is 24.0 Å². The molecule has 0 aliphatic carbocycles. The number of nitrogens with one attached hydrogen (secondary N) is 3. The van der Waals surface area contributed by atoms with Crippen LogP contribution in [0.25, 0.3) is 0 Å². The molecule has 0 aromatic rings. The van der Waals surface area contributed by atoms with Gasteiger partial charge in [0, 0.05) is 0 Å². The second-order valence-corrected chi connectivity index (χ2v) is 8.52. The fourth-order valence-corrected chi connectivity index (χ4v) is 3.22. The number of hydrogen-bond acceptors (Lipinski definition) is 9. The number of aliphatic carboxylic acids is 1. The zero-order chi connectivity index (χ0) is 25.6. The standard InChI is InChI=1S/C19H36N6O7S/c1-10(26)15(19(31)32)25-18(30)13(9-14(22)27)24-17(29)12(6-8-33-2)23-16(28)11(21)5-3-4-7-20/h10-13,15,26H,3-9,20-21H2,1-2H3,(H2,22,27)(H,23,28)(H,24,29)(H,25,30)(H,31,32). The number of carboxylic acid groups (broad SMARTS) is 1.